The number of aromatic nitrogens is 2. The standard InChI is InChI=1S/C20H22N6O7S2/c21-18(30)16-13(33-10-11-4-2-1-3-5-11)7-6-12(17(16)29)23-14(27)8-9-15(28)24-19-25-26-20(34-19)35(22,31)32/h1-7,29,31-32H,8-10,22H2,(H2,21,30)(H,23,27)(H,24,25,28). The second-order valence-electron chi connectivity index (χ2n) is 7.04. The van der Waals surface area contributed by atoms with Crippen LogP contribution in [0.4, 0.5) is 10.8 Å². The summed E-state index contributed by atoms with van der Waals surface area (Å²) in [7, 11) is -3.55. The van der Waals surface area contributed by atoms with Gasteiger partial charge in [-0.05, 0) is 17.7 Å². The van der Waals surface area contributed by atoms with Gasteiger partial charge >= 0.3 is 0 Å². The van der Waals surface area contributed by atoms with Crippen molar-refractivity contribution in [3.63, 3.8) is 0 Å². The molecular weight excluding hydrogens is 500 g/mol. The molecule has 0 aliphatic carbocycles. The molecule has 9 N–H and O–H groups in total. The van der Waals surface area contributed by atoms with Gasteiger partial charge in [0.05, 0.1) is 5.69 Å². The Hall–Kier alpha value is -3.76. The minimum Gasteiger partial charge on any atom is -0.505 e. The number of nitrogens with one attached hydrogen (secondary N) is 2. The van der Waals surface area contributed by atoms with E-state index in [-0.39, 0.29) is 45.9 Å². The zero-order chi connectivity index (χ0) is 25.6. The first-order valence-electron chi connectivity index (χ1n) is 9.86. The number of primary amides is 1. The number of carbonyl (C=O) groups is 3. The Morgan fingerprint density at radius 2 is 1.66 bits per heavy atom. The van der Waals surface area contributed by atoms with Gasteiger partial charge in [0.1, 0.15) is 17.9 Å². The molecule has 0 atom stereocenters. The maximum Gasteiger partial charge on any atom is 0.256 e. The van der Waals surface area contributed by atoms with Crippen LogP contribution in [0.15, 0.2) is 46.8 Å². The number of rotatable bonds is 10. The molecule has 3 aromatic rings. The topological polar surface area (TPSA) is 223 Å². The van der Waals surface area contributed by atoms with E-state index >= 15 is 0 Å². The Kier molecular flexibility index (Phi) is 8.21. The maximum atomic E-state index is 12.3. The van der Waals surface area contributed by atoms with E-state index in [1.54, 1.807) is 0 Å². The van der Waals surface area contributed by atoms with Gasteiger partial charge < -0.3 is 26.2 Å². The molecule has 0 radical (unpaired) electrons. The van der Waals surface area contributed by atoms with Crippen molar-refractivity contribution in [2.45, 2.75) is 23.8 Å². The predicted molar refractivity (Wildman–Crippen MR) is 129 cm³/mol. The predicted octanol–water partition coefficient (Wildman–Crippen LogP) is 2.26. The van der Waals surface area contributed by atoms with Crippen molar-refractivity contribution in [1.82, 2.24) is 10.2 Å². The summed E-state index contributed by atoms with van der Waals surface area (Å²) >= 11 is 0.684. The molecule has 0 unspecified atom stereocenters. The Morgan fingerprint density at radius 1 is 1.00 bits per heavy atom. The van der Waals surface area contributed by atoms with Gasteiger partial charge in [-0.15, -0.1) is 10.2 Å². The Balaban J connectivity index is 1.59. The quantitative estimate of drug-likeness (QED) is 0.152. The lowest BCUT2D eigenvalue weighted by Gasteiger charge is -2.20. The molecule has 2 aromatic carbocycles. The fourth-order valence-corrected chi connectivity index (χ4v) is 4.15. The summed E-state index contributed by atoms with van der Waals surface area (Å²) in [4.78, 5) is 36.2. The third-order valence-corrected chi connectivity index (χ3v) is 6.60. The highest BCUT2D eigenvalue weighted by atomic mass is 32.3. The minimum atomic E-state index is -3.55. The van der Waals surface area contributed by atoms with E-state index in [0.717, 1.165) is 5.56 Å². The first-order valence-corrected chi connectivity index (χ1v) is 12.3. The number of ether oxygens (including phenoxy) is 1. The van der Waals surface area contributed by atoms with Gasteiger partial charge in [0.15, 0.2) is 5.75 Å². The number of hydrogen-bond acceptors (Lipinski definition) is 11. The van der Waals surface area contributed by atoms with Crippen molar-refractivity contribution in [1.29, 1.82) is 0 Å². The van der Waals surface area contributed by atoms with E-state index in [1.165, 1.54) is 12.1 Å². The van der Waals surface area contributed by atoms with Gasteiger partial charge in [-0.3, -0.25) is 23.5 Å². The smallest absolute Gasteiger partial charge is 0.256 e. The number of carbonyl (C=O) groups excluding carboxylic acids is 3. The van der Waals surface area contributed by atoms with Crippen molar-refractivity contribution in [3.05, 3.63) is 53.6 Å². The molecule has 0 spiro atoms. The fraction of sp³-hybridized carbons (Fsp3) is 0.150. The fourth-order valence-electron chi connectivity index (χ4n) is 2.77. The first-order chi connectivity index (χ1) is 16.5. The third kappa shape index (κ3) is 7.11. The van der Waals surface area contributed by atoms with Crippen LogP contribution in [0.3, 0.4) is 0 Å². The number of amides is 3. The maximum absolute atomic E-state index is 12.3. The number of benzene rings is 2. The summed E-state index contributed by atoms with van der Waals surface area (Å²) in [5.41, 5.74) is 5.84. The molecule has 0 saturated heterocycles. The zero-order valence-electron chi connectivity index (χ0n) is 18.0. The van der Waals surface area contributed by atoms with Crippen LogP contribution in [0.25, 0.3) is 0 Å². The average Bonchev–Trinajstić information content (AvgIpc) is 3.27. The monoisotopic (exact) mass is 522 g/mol. The molecule has 1 aromatic heterocycles. The molecule has 35 heavy (non-hydrogen) atoms. The molecule has 0 saturated carbocycles. The Bertz CT molecular complexity index is 1230. The van der Waals surface area contributed by atoms with Crippen molar-refractivity contribution in [2.24, 2.45) is 10.9 Å². The lowest BCUT2D eigenvalue weighted by molar-refractivity contribution is -0.121. The minimum absolute atomic E-state index is 0.0225. The third-order valence-electron chi connectivity index (χ3n) is 4.39. The molecule has 3 amide bonds. The largest absolute Gasteiger partial charge is 0.505 e. The van der Waals surface area contributed by atoms with E-state index in [9.17, 15) is 28.6 Å². The van der Waals surface area contributed by atoms with Crippen molar-refractivity contribution in [2.75, 3.05) is 10.6 Å². The summed E-state index contributed by atoms with van der Waals surface area (Å²) in [6.45, 7) is 0.127. The number of aromatic hydroxyl groups is 1. The molecule has 0 aliphatic heterocycles. The summed E-state index contributed by atoms with van der Waals surface area (Å²) < 4.78 is 24.0. The van der Waals surface area contributed by atoms with Gasteiger partial charge in [0.25, 0.3) is 5.91 Å². The Labute approximate surface area is 204 Å². The molecule has 13 nitrogen and oxygen atoms in total. The normalized spacial score (nSPS) is 11.5. The number of nitrogens with zero attached hydrogens (tertiary/aromatic N) is 2. The molecule has 3 rings (SSSR count). The van der Waals surface area contributed by atoms with E-state index in [4.69, 9.17) is 15.6 Å². The van der Waals surface area contributed by atoms with Gasteiger partial charge in [0, 0.05) is 12.8 Å². The number of anilines is 2. The molecule has 186 valence electrons. The molecule has 0 fully saturated rings. The first kappa shape index (κ1) is 25.9. The molecule has 0 aliphatic rings. The van der Waals surface area contributed by atoms with Gasteiger partial charge in [-0.25, -0.2) is 5.14 Å². The van der Waals surface area contributed by atoms with Crippen molar-refractivity contribution in [3.8, 4) is 11.5 Å². The van der Waals surface area contributed by atoms with Gasteiger partial charge in [0.2, 0.25) is 21.3 Å². The van der Waals surface area contributed by atoms with Crippen LogP contribution in [0.5, 0.6) is 11.5 Å². The van der Waals surface area contributed by atoms with Crippen LogP contribution in [0, 0.1) is 0 Å². The summed E-state index contributed by atoms with van der Waals surface area (Å²) in [6.07, 6.45) is -0.539. The van der Waals surface area contributed by atoms with Crippen LogP contribution >= 0.6 is 22.1 Å². The molecule has 15 heteroatoms. The van der Waals surface area contributed by atoms with Gasteiger partial charge in [-0.1, -0.05) is 52.4 Å². The van der Waals surface area contributed by atoms with E-state index in [0.29, 0.717) is 11.3 Å². The highest BCUT2D eigenvalue weighted by molar-refractivity contribution is 8.23. The van der Waals surface area contributed by atoms with Crippen LogP contribution in [-0.2, 0) is 16.2 Å². The number of hydrogen-bond donors (Lipinski definition) is 7. The Morgan fingerprint density at radius 3 is 2.26 bits per heavy atom. The lowest BCUT2D eigenvalue weighted by atomic mass is 10.1. The van der Waals surface area contributed by atoms with E-state index < -0.39 is 34.2 Å². The zero-order valence-corrected chi connectivity index (χ0v) is 19.6. The molecule has 0 bridgehead atoms. The second kappa shape index (κ2) is 11.1. The van der Waals surface area contributed by atoms with E-state index in [1.807, 2.05) is 30.3 Å². The highest BCUT2D eigenvalue weighted by Crippen LogP contribution is 2.42. The summed E-state index contributed by atoms with van der Waals surface area (Å²) in [6, 6.07) is 11.9. The summed E-state index contributed by atoms with van der Waals surface area (Å²) in [5, 5.41) is 27.4. The molecular formula is C20H22N6O7S2. The van der Waals surface area contributed by atoms with E-state index in [2.05, 4.69) is 20.8 Å². The van der Waals surface area contributed by atoms with Crippen molar-refractivity contribution < 1.29 is 33.3 Å². The van der Waals surface area contributed by atoms with Crippen LogP contribution < -0.4 is 26.2 Å². The number of phenols is 1. The lowest BCUT2D eigenvalue weighted by Crippen LogP contribution is -2.18. The number of nitrogens with two attached hydrogens (primary N) is 2. The van der Waals surface area contributed by atoms with Crippen LogP contribution in [-0.4, -0.2) is 42.1 Å². The highest BCUT2D eigenvalue weighted by Gasteiger charge is 2.21. The summed E-state index contributed by atoms with van der Waals surface area (Å²) in [5.74, 6) is -2.70. The van der Waals surface area contributed by atoms with Gasteiger partial charge in [-0.2, -0.15) is 0 Å². The SMILES string of the molecule is NC(=O)c1c(OCc2ccccc2)ccc(NC(=O)CCC(=O)Nc2nnc(S(N)(O)O)s2)c1O. The average molecular weight is 523 g/mol. The van der Waals surface area contributed by atoms with Crippen LogP contribution in [0.1, 0.15) is 28.8 Å². The molecule has 1 heterocycles. The second-order valence-corrected chi connectivity index (χ2v) is 9.84. The van der Waals surface area contributed by atoms with Crippen LogP contribution in [0.2, 0.25) is 0 Å². The van der Waals surface area contributed by atoms with Crippen molar-refractivity contribution >= 4 is 50.7 Å².